The molecule has 0 amide bonds. The highest BCUT2D eigenvalue weighted by molar-refractivity contribution is 5.17. The van der Waals surface area contributed by atoms with Crippen molar-refractivity contribution in [1.82, 2.24) is 10.2 Å². The predicted molar refractivity (Wildman–Crippen MR) is 63.8 cm³/mol. The summed E-state index contributed by atoms with van der Waals surface area (Å²) in [4.78, 5) is 2.18. The van der Waals surface area contributed by atoms with Crippen LogP contribution in [0.3, 0.4) is 0 Å². The third-order valence-corrected chi connectivity index (χ3v) is 3.09. The molecular formula is C13H19FN2. The highest BCUT2D eigenvalue weighted by Gasteiger charge is 2.16. The van der Waals surface area contributed by atoms with E-state index in [-0.39, 0.29) is 5.82 Å². The van der Waals surface area contributed by atoms with Gasteiger partial charge in [0.1, 0.15) is 5.82 Å². The molecule has 1 atom stereocenters. The summed E-state index contributed by atoms with van der Waals surface area (Å²) in [6.07, 6.45) is 2.50. The maximum atomic E-state index is 13.4. The third kappa shape index (κ3) is 3.03. The van der Waals surface area contributed by atoms with E-state index < -0.39 is 0 Å². The molecule has 1 fully saturated rings. The van der Waals surface area contributed by atoms with Crippen LogP contribution in [0.4, 0.5) is 4.39 Å². The molecule has 1 aliphatic rings. The molecule has 3 heteroatoms. The molecule has 1 heterocycles. The Morgan fingerprint density at radius 2 is 2.25 bits per heavy atom. The van der Waals surface area contributed by atoms with Gasteiger partial charge < -0.3 is 10.2 Å². The van der Waals surface area contributed by atoms with Crippen molar-refractivity contribution < 1.29 is 4.39 Å². The van der Waals surface area contributed by atoms with E-state index in [0.29, 0.717) is 12.6 Å². The first-order chi connectivity index (χ1) is 7.75. The van der Waals surface area contributed by atoms with Gasteiger partial charge in [0.25, 0.3) is 0 Å². The topological polar surface area (TPSA) is 15.3 Å². The summed E-state index contributed by atoms with van der Waals surface area (Å²) in [5, 5.41) is 3.45. The zero-order chi connectivity index (χ0) is 11.4. The highest BCUT2D eigenvalue weighted by Crippen LogP contribution is 2.11. The van der Waals surface area contributed by atoms with Crippen LogP contribution in [0.15, 0.2) is 24.3 Å². The Labute approximate surface area is 96.5 Å². The van der Waals surface area contributed by atoms with Gasteiger partial charge in [0.15, 0.2) is 0 Å². The van der Waals surface area contributed by atoms with Crippen LogP contribution >= 0.6 is 0 Å². The molecule has 1 unspecified atom stereocenters. The van der Waals surface area contributed by atoms with E-state index in [4.69, 9.17) is 0 Å². The Morgan fingerprint density at radius 1 is 1.44 bits per heavy atom. The largest absolute Gasteiger partial charge is 0.313 e. The van der Waals surface area contributed by atoms with E-state index in [1.807, 2.05) is 19.2 Å². The number of halogens is 1. The minimum atomic E-state index is -0.103. The fourth-order valence-corrected chi connectivity index (χ4v) is 2.27. The van der Waals surface area contributed by atoms with Crippen LogP contribution in [0.25, 0.3) is 0 Å². The van der Waals surface area contributed by atoms with E-state index in [1.54, 1.807) is 6.07 Å². The molecule has 2 nitrogen and oxygen atoms in total. The van der Waals surface area contributed by atoms with Gasteiger partial charge >= 0.3 is 0 Å². The van der Waals surface area contributed by atoms with Crippen molar-refractivity contribution in [2.75, 3.05) is 20.1 Å². The molecule has 0 radical (unpaired) electrons. The lowest BCUT2D eigenvalue weighted by Gasteiger charge is -2.21. The number of nitrogens with zero attached hydrogens (tertiary/aromatic N) is 1. The molecule has 1 aliphatic heterocycles. The van der Waals surface area contributed by atoms with E-state index in [9.17, 15) is 4.39 Å². The van der Waals surface area contributed by atoms with Crippen molar-refractivity contribution in [2.24, 2.45) is 0 Å². The summed E-state index contributed by atoms with van der Waals surface area (Å²) < 4.78 is 13.4. The summed E-state index contributed by atoms with van der Waals surface area (Å²) in [5.41, 5.74) is 0.781. The zero-order valence-electron chi connectivity index (χ0n) is 9.75. The van der Waals surface area contributed by atoms with Gasteiger partial charge in [-0.1, -0.05) is 18.2 Å². The average Bonchev–Trinajstić information content (AvgIpc) is 2.74. The number of hydrogen-bond acceptors (Lipinski definition) is 2. The van der Waals surface area contributed by atoms with Crippen molar-refractivity contribution in [2.45, 2.75) is 25.4 Å². The molecule has 1 saturated heterocycles. The van der Waals surface area contributed by atoms with Gasteiger partial charge in [-0.25, -0.2) is 4.39 Å². The Morgan fingerprint density at radius 3 is 2.94 bits per heavy atom. The Hall–Kier alpha value is -0.930. The maximum absolute atomic E-state index is 13.4. The Kier molecular flexibility index (Phi) is 3.91. The van der Waals surface area contributed by atoms with E-state index in [2.05, 4.69) is 10.2 Å². The zero-order valence-corrected chi connectivity index (χ0v) is 9.75. The second kappa shape index (κ2) is 5.41. The summed E-state index contributed by atoms with van der Waals surface area (Å²) in [7, 11) is 2.05. The predicted octanol–water partition coefficient (Wildman–Crippen LogP) is 2.01. The van der Waals surface area contributed by atoms with Gasteiger partial charge in [-0.15, -0.1) is 0 Å². The van der Waals surface area contributed by atoms with Gasteiger partial charge in [-0.3, -0.25) is 0 Å². The highest BCUT2D eigenvalue weighted by atomic mass is 19.1. The molecule has 2 rings (SSSR count). The summed E-state index contributed by atoms with van der Waals surface area (Å²) in [5.74, 6) is -0.103. The standard InChI is InChI=1S/C13H19FN2/c1-16(10-12-6-4-8-15-12)9-11-5-2-3-7-13(11)14/h2-3,5,7,12,15H,4,6,8-10H2,1H3. The monoisotopic (exact) mass is 222 g/mol. The quantitative estimate of drug-likeness (QED) is 0.838. The van der Waals surface area contributed by atoms with Crippen molar-refractivity contribution in [1.29, 1.82) is 0 Å². The Balaban J connectivity index is 1.86. The van der Waals surface area contributed by atoms with E-state index in [0.717, 1.165) is 18.7 Å². The second-order valence-corrected chi connectivity index (χ2v) is 4.58. The molecule has 0 aliphatic carbocycles. The fourth-order valence-electron chi connectivity index (χ4n) is 2.27. The van der Waals surface area contributed by atoms with Crippen LogP contribution in [0.1, 0.15) is 18.4 Å². The molecule has 0 bridgehead atoms. The van der Waals surface area contributed by atoms with Gasteiger partial charge in [-0.05, 0) is 32.5 Å². The molecule has 1 aromatic carbocycles. The number of rotatable bonds is 4. The van der Waals surface area contributed by atoms with Gasteiger partial charge in [0, 0.05) is 24.7 Å². The van der Waals surface area contributed by atoms with Crippen LogP contribution in [0, 0.1) is 5.82 Å². The molecule has 1 aromatic rings. The number of nitrogens with one attached hydrogen (secondary N) is 1. The lowest BCUT2D eigenvalue weighted by atomic mass is 10.2. The first kappa shape index (κ1) is 11.6. The SMILES string of the molecule is CN(Cc1ccccc1F)CC1CCCN1. The summed E-state index contributed by atoms with van der Waals surface area (Å²) in [6, 6.07) is 7.58. The van der Waals surface area contributed by atoms with Gasteiger partial charge in [-0.2, -0.15) is 0 Å². The van der Waals surface area contributed by atoms with Crippen LogP contribution in [-0.4, -0.2) is 31.1 Å². The summed E-state index contributed by atoms with van der Waals surface area (Å²) >= 11 is 0. The number of benzene rings is 1. The number of likely N-dealkylation sites (N-methyl/N-ethyl adjacent to an activating group) is 1. The van der Waals surface area contributed by atoms with Crippen molar-refractivity contribution in [3.05, 3.63) is 35.6 Å². The second-order valence-electron chi connectivity index (χ2n) is 4.58. The van der Waals surface area contributed by atoms with E-state index >= 15 is 0 Å². The molecule has 0 spiro atoms. The van der Waals surface area contributed by atoms with Crippen molar-refractivity contribution in [3.8, 4) is 0 Å². The molecule has 1 N–H and O–H groups in total. The van der Waals surface area contributed by atoms with Gasteiger partial charge in [0.2, 0.25) is 0 Å². The lowest BCUT2D eigenvalue weighted by molar-refractivity contribution is 0.289. The molecule has 0 saturated carbocycles. The average molecular weight is 222 g/mol. The van der Waals surface area contributed by atoms with Crippen molar-refractivity contribution >= 4 is 0 Å². The third-order valence-electron chi connectivity index (χ3n) is 3.09. The van der Waals surface area contributed by atoms with Crippen LogP contribution in [0.2, 0.25) is 0 Å². The molecule has 0 aromatic heterocycles. The van der Waals surface area contributed by atoms with Gasteiger partial charge in [0.05, 0.1) is 0 Å². The lowest BCUT2D eigenvalue weighted by Crippen LogP contribution is -2.35. The smallest absolute Gasteiger partial charge is 0.127 e. The van der Waals surface area contributed by atoms with Crippen LogP contribution < -0.4 is 5.32 Å². The van der Waals surface area contributed by atoms with Crippen LogP contribution in [0.5, 0.6) is 0 Å². The van der Waals surface area contributed by atoms with E-state index in [1.165, 1.54) is 18.9 Å². The first-order valence-electron chi connectivity index (χ1n) is 5.91. The summed E-state index contributed by atoms with van der Waals surface area (Å²) in [6.45, 7) is 2.80. The fraction of sp³-hybridized carbons (Fsp3) is 0.538. The molecular weight excluding hydrogens is 203 g/mol. The normalized spacial score (nSPS) is 20.6. The molecule has 16 heavy (non-hydrogen) atoms. The number of hydrogen-bond donors (Lipinski definition) is 1. The molecule has 88 valence electrons. The minimum absolute atomic E-state index is 0.103. The minimum Gasteiger partial charge on any atom is -0.313 e. The maximum Gasteiger partial charge on any atom is 0.127 e. The van der Waals surface area contributed by atoms with Crippen LogP contribution in [-0.2, 0) is 6.54 Å². The van der Waals surface area contributed by atoms with Crippen molar-refractivity contribution in [3.63, 3.8) is 0 Å². The first-order valence-corrected chi connectivity index (χ1v) is 5.91. The Bertz CT molecular complexity index is 334.